The van der Waals surface area contributed by atoms with Gasteiger partial charge in [-0.15, -0.1) is 0 Å². The molecule has 1 aliphatic rings. The van der Waals surface area contributed by atoms with Gasteiger partial charge >= 0.3 is 0 Å². The van der Waals surface area contributed by atoms with Gasteiger partial charge in [0.15, 0.2) is 0 Å². The summed E-state index contributed by atoms with van der Waals surface area (Å²) in [4.78, 5) is 14.1. The highest BCUT2D eigenvalue weighted by Gasteiger charge is 2.12. The van der Waals surface area contributed by atoms with Crippen molar-refractivity contribution in [3.05, 3.63) is 29.6 Å². The summed E-state index contributed by atoms with van der Waals surface area (Å²) in [6.07, 6.45) is 0.115. The molecule has 5 nitrogen and oxygen atoms in total. The van der Waals surface area contributed by atoms with Crippen molar-refractivity contribution < 1.29 is 18.7 Å². The Bertz CT molecular complexity index is 476. The van der Waals surface area contributed by atoms with E-state index < -0.39 is 0 Å². The van der Waals surface area contributed by atoms with Crippen molar-refractivity contribution in [3.63, 3.8) is 0 Å². The minimum absolute atomic E-state index is 0.115. The first-order valence-electron chi connectivity index (χ1n) is 7.08. The summed E-state index contributed by atoms with van der Waals surface area (Å²) in [5.74, 6) is 0.0267. The van der Waals surface area contributed by atoms with Gasteiger partial charge in [-0.05, 0) is 18.2 Å². The highest BCUT2D eigenvalue weighted by atomic mass is 19.1. The summed E-state index contributed by atoms with van der Waals surface area (Å²) < 4.78 is 23.6. The second kappa shape index (κ2) is 7.95. The number of ether oxygens (including phenoxy) is 2. The average molecular weight is 296 g/mol. The second-order valence-electron chi connectivity index (χ2n) is 4.94. The van der Waals surface area contributed by atoms with Crippen LogP contribution in [0.25, 0.3) is 0 Å². The molecule has 116 valence electrons. The Kier molecular flexibility index (Phi) is 5.95. The molecule has 0 aromatic heterocycles. The number of halogens is 1. The maximum absolute atomic E-state index is 13.2. The summed E-state index contributed by atoms with van der Waals surface area (Å²) >= 11 is 0. The molecule has 0 bridgehead atoms. The Hall–Kier alpha value is -1.66. The number of carbonyl (C=O) groups is 1. The molecule has 1 aromatic carbocycles. The molecule has 0 aliphatic carbocycles. The molecule has 21 heavy (non-hydrogen) atoms. The molecule has 1 aromatic rings. The molecule has 6 heteroatoms. The van der Waals surface area contributed by atoms with Crippen LogP contribution < -0.4 is 10.1 Å². The Balaban J connectivity index is 1.77. The fourth-order valence-corrected chi connectivity index (χ4v) is 2.30. The number of morpholine rings is 1. The lowest BCUT2D eigenvalue weighted by molar-refractivity contribution is -0.120. The van der Waals surface area contributed by atoms with Crippen molar-refractivity contribution >= 4 is 5.91 Å². The first-order chi connectivity index (χ1) is 10.2. The van der Waals surface area contributed by atoms with Gasteiger partial charge in [0, 0.05) is 31.7 Å². The summed E-state index contributed by atoms with van der Waals surface area (Å²) in [6, 6.07) is 4.19. The van der Waals surface area contributed by atoms with Gasteiger partial charge in [-0.2, -0.15) is 0 Å². The smallest absolute Gasteiger partial charge is 0.224 e. The first kappa shape index (κ1) is 15.7. The minimum Gasteiger partial charge on any atom is -0.496 e. The van der Waals surface area contributed by atoms with Crippen LogP contribution in [0.1, 0.15) is 5.56 Å². The van der Waals surface area contributed by atoms with Crippen LogP contribution >= 0.6 is 0 Å². The monoisotopic (exact) mass is 296 g/mol. The molecule has 1 heterocycles. The molecule has 1 aliphatic heterocycles. The van der Waals surface area contributed by atoms with E-state index in [9.17, 15) is 9.18 Å². The molecule has 1 N–H and O–H groups in total. The van der Waals surface area contributed by atoms with Crippen molar-refractivity contribution in [2.75, 3.05) is 46.5 Å². The molecule has 0 spiro atoms. The lowest BCUT2D eigenvalue weighted by Crippen LogP contribution is -2.41. The SMILES string of the molecule is COc1ccc(F)cc1CC(=O)NCCN1CCOCC1. The number of rotatable bonds is 6. The predicted molar refractivity (Wildman–Crippen MR) is 76.9 cm³/mol. The van der Waals surface area contributed by atoms with Gasteiger partial charge in [-0.3, -0.25) is 9.69 Å². The maximum atomic E-state index is 13.2. The summed E-state index contributed by atoms with van der Waals surface area (Å²) in [7, 11) is 1.51. The molecule has 1 saturated heterocycles. The van der Waals surface area contributed by atoms with Crippen LogP contribution in [0.3, 0.4) is 0 Å². The number of methoxy groups -OCH3 is 1. The van der Waals surface area contributed by atoms with Gasteiger partial charge in [0.25, 0.3) is 0 Å². The van der Waals surface area contributed by atoms with Crippen LogP contribution in [0, 0.1) is 5.82 Å². The van der Waals surface area contributed by atoms with Crippen LogP contribution in [0.5, 0.6) is 5.75 Å². The molecule has 0 saturated carbocycles. The zero-order valence-electron chi connectivity index (χ0n) is 12.2. The molecule has 0 unspecified atom stereocenters. The third-order valence-corrected chi connectivity index (χ3v) is 3.45. The normalized spacial score (nSPS) is 15.7. The fourth-order valence-electron chi connectivity index (χ4n) is 2.30. The van der Waals surface area contributed by atoms with Crippen molar-refractivity contribution in [1.82, 2.24) is 10.2 Å². The highest BCUT2D eigenvalue weighted by Crippen LogP contribution is 2.19. The quantitative estimate of drug-likeness (QED) is 0.844. The number of nitrogens with one attached hydrogen (secondary N) is 1. The Morgan fingerprint density at radius 2 is 2.19 bits per heavy atom. The van der Waals surface area contributed by atoms with Gasteiger partial charge in [0.05, 0.1) is 26.7 Å². The molecule has 0 radical (unpaired) electrons. The zero-order valence-corrected chi connectivity index (χ0v) is 12.2. The van der Waals surface area contributed by atoms with Crippen LogP contribution in [0.15, 0.2) is 18.2 Å². The Morgan fingerprint density at radius 3 is 2.90 bits per heavy atom. The van der Waals surface area contributed by atoms with Crippen molar-refractivity contribution in [1.29, 1.82) is 0 Å². The van der Waals surface area contributed by atoms with Crippen molar-refractivity contribution in [2.24, 2.45) is 0 Å². The maximum Gasteiger partial charge on any atom is 0.224 e. The van der Waals surface area contributed by atoms with Gasteiger partial charge in [0.2, 0.25) is 5.91 Å². The largest absolute Gasteiger partial charge is 0.496 e. The minimum atomic E-state index is -0.369. The summed E-state index contributed by atoms with van der Waals surface area (Å²) in [5, 5.41) is 2.85. The van der Waals surface area contributed by atoms with Crippen LogP contribution in [-0.4, -0.2) is 57.3 Å². The lowest BCUT2D eigenvalue weighted by atomic mass is 10.1. The standard InChI is InChI=1S/C15H21FN2O3/c1-20-14-3-2-13(16)10-12(14)11-15(19)17-4-5-18-6-8-21-9-7-18/h2-3,10H,4-9,11H2,1H3,(H,17,19). The van der Waals surface area contributed by atoms with Crippen LogP contribution in [0.2, 0.25) is 0 Å². The van der Waals surface area contributed by atoms with E-state index in [1.165, 1.54) is 25.3 Å². The molecule has 1 amide bonds. The van der Waals surface area contributed by atoms with E-state index in [2.05, 4.69) is 10.2 Å². The molecule has 2 rings (SSSR count). The molecular formula is C15H21FN2O3. The third-order valence-electron chi connectivity index (χ3n) is 3.45. The van der Waals surface area contributed by atoms with Gasteiger partial charge < -0.3 is 14.8 Å². The van der Waals surface area contributed by atoms with E-state index >= 15 is 0 Å². The molecule has 1 fully saturated rings. The van der Waals surface area contributed by atoms with Crippen molar-refractivity contribution in [2.45, 2.75) is 6.42 Å². The second-order valence-corrected chi connectivity index (χ2v) is 4.94. The van der Waals surface area contributed by atoms with E-state index in [0.29, 0.717) is 17.9 Å². The molecule has 0 atom stereocenters. The average Bonchev–Trinajstić information content (AvgIpc) is 2.48. The van der Waals surface area contributed by atoms with E-state index in [0.717, 1.165) is 32.8 Å². The highest BCUT2D eigenvalue weighted by molar-refractivity contribution is 5.79. The van der Waals surface area contributed by atoms with E-state index in [1.54, 1.807) is 0 Å². The van der Waals surface area contributed by atoms with E-state index in [1.807, 2.05) is 0 Å². The predicted octanol–water partition coefficient (Wildman–Crippen LogP) is 0.825. The number of hydrogen-bond acceptors (Lipinski definition) is 4. The number of amides is 1. The van der Waals surface area contributed by atoms with Crippen LogP contribution in [-0.2, 0) is 16.0 Å². The van der Waals surface area contributed by atoms with Crippen LogP contribution in [0.4, 0.5) is 4.39 Å². The topological polar surface area (TPSA) is 50.8 Å². The van der Waals surface area contributed by atoms with Gasteiger partial charge in [-0.25, -0.2) is 4.39 Å². The summed E-state index contributed by atoms with van der Waals surface area (Å²) in [5.41, 5.74) is 0.557. The Morgan fingerprint density at radius 1 is 1.43 bits per heavy atom. The number of carbonyl (C=O) groups excluding carboxylic acids is 1. The third kappa shape index (κ3) is 4.99. The Labute approximate surface area is 124 Å². The first-order valence-corrected chi connectivity index (χ1v) is 7.08. The fraction of sp³-hybridized carbons (Fsp3) is 0.533. The van der Waals surface area contributed by atoms with Crippen molar-refractivity contribution in [3.8, 4) is 5.75 Å². The van der Waals surface area contributed by atoms with E-state index in [-0.39, 0.29) is 18.1 Å². The summed E-state index contributed by atoms with van der Waals surface area (Å²) in [6.45, 7) is 4.66. The zero-order chi connectivity index (χ0) is 15.1. The molecular weight excluding hydrogens is 275 g/mol. The van der Waals surface area contributed by atoms with Gasteiger partial charge in [0.1, 0.15) is 11.6 Å². The number of benzene rings is 1. The number of hydrogen-bond donors (Lipinski definition) is 1. The lowest BCUT2D eigenvalue weighted by Gasteiger charge is -2.26. The van der Waals surface area contributed by atoms with Gasteiger partial charge in [-0.1, -0.05) is 0 Å². The number of nitrogens with zero attached hydrogens (tertiary/aromatic N) is 1. The van der Waals surface area contributed by atoms with E-state index in [4.69, 9.17) is 9.47 Å².